The van der Waals surface area contributed by atoms with E-state index in [4.69, 9.17) is 0 Å². The Labute approximate surface area is 137 Å². The predicted molar refractivity (Wildman–Crippen MR) is 87.9 cm³/mol. The minimum atomic E-state index is -0.829. The summed E-state index contributed by atoms with van der Waals surface area (Å²) in [4.78, 5) is 38.4. The van der Waals surface area contributed by atoms with Gasteiger partial charge in [0.25, 0.3) is 0 Å². The molecule has 3 saturated carbocycles. The molecule has 0 amide bonds. The SMILES string of the molecule is CC(=O)[C@H]1C[C@@]2(Cc3ccccc3)C(=O)C[C@]1(C)C(=O)C2(C)C. The molecule has 122 valence electrons. The first-order valence-electron chi connectivity index (χ1n) is 8.28. The highest BCUT2D eigenvalue weighted by Crippen LogP contribution is 2.64. The van der Waals surface area contributed by atoms with Gasteiger partial charge in [-0.1, -0.05) is 51.1 Å². The molecule has 0 aliphatic heterocycles. The van der Waals surface area contributed by atoms with Gasteiger partial charge < -0.3 is 0 Å². The minimum absolute atomic E-state index is 0.0290. The third kappa shape index (κ3) is 1.98. The number of hydrogen-bond acceptors (Lipinski definition) is 3. The van der Waals surface area contributed by atoms with Crippen molar-refractivity contribution in [3.05, 3.63) is 35.9 Å². The molecule has 0 N–H and O–H groups in total. The van der Waals surface area contributed by atoms with Gasteiger partial charge >= 0.3 is 0 Å². The lowest BCUT2D eigenvalue weighted by Gasteiger charge is -2.61. The van der Waals surface area contributed by atoms with E-state index in [2.05, 4.69) is 0 Å². The molecule has 0 saturated heterocycles. The van der Waals surface area contributed by atoms with Crippen LogP contribution in [0.15, 0.2) is 30.3 Å². The predicted octanol–water partition coefficient (Wildman–Crippen LogP) is 3.40. The monoisotopic (exact) mass is 312 g/mol. The highest BCUT2D eigenvalue weighted by Gasteiger charge is 2.70. The van der Waals surface area contributed by atoms with Crippen LogP contribution in [0.2, 0.25) is 0 Å². The van der Waals surface area contributed by atoms with Crippen LogP contribution in [0.4, 0.5) is 0 Å². The van der Waals surface area contributed by atoms with Crippen LogP contribution in [0.25, 0.3) is 0 Å². The number of benzene rings is 1. The summed E-state index contributed by atoms with van der Waals surface area (Å²) in [5, 5.41) is 0. The van der Waals surface area contributed by atoms with E-state index in [0.29, 0.717) is 12.8 Å². The third-order valence-electron chi connectivity index (χ3n) is 6.51. The van der Waals surface area contributed by atoms with Crippen molar-refractivity contribution in [1.82, 2.24) is 0 Å². The lowest BCUT2D eigenvalue weighted by Crippen LogP contribution is -2.68. The molecule has 0 unspecified atom stereocenters. The number of carbonyl (C=O) groups is 3. The van der Waals surface area contributed by atoms with E-state index in [9.17, 15) is 14.4 Å². The van der Waals surface area contributed by atoms with Crippen LogP contribution >= 0.6 is 0 Å². The molecule has 4 rings (SSSR count). The summed E-state index contributed by atoms with van der Waals surface area (Å²) >= 11 is 0. The fourth-order valence-corrected chi connectivity index (χ4v) is 5.02. The summed E-state index contributed by atoms with van der Waals surface area (Å²) in [6.07, 6.45) is 1.23. The molecule has 3 heteroatoms. The molecule has 1 aromatic rings. The molecule has 3 atom stereocenters. The summed E-state index contributed by atoms with van der Waals surface area (Å²) in [5.41, 5.74) is -1.28. The number of Topliss-reactive ketones (excluding diaryl/α,β-unsaturated/α-hetero) is 3. The third-order valence-corrected chi connectivity index (χ3v) is 6.51. The molecule has 3 nitrogen and oxygen atoms in total. The van der Waals surface area contributed by atoms with Crippen molar-refractivity contribution in [2.45, 2.75) is 47.0 Å². The van der Waals surface area contributed by atoms with Crippen LogP contribution in [-0.4, -0.2) is 17.3 Å². The van der Waals surface area contributed by atoms with Crippen LogP contribution in [0.5, 0.6) is 0 Å². The molecule has 1 aromatic carbocycles. The zero-order valence-electron chi connectivity index (χ0n) is 14.3. The second kappa shape index (κ2) is 4.86. The number of fused-ring (bicyclic) bond motifs is 3. The van der Waals surface area contributed by atoms with E-state index in [-0.39, 0.29) is 29.7 Å². The Kier molecular flexibility index (Phi) is 3.40. The molecule has 3 aliphatic carbocycles. The average molecular weight is 312 g/mol. The van der Waals surface area contributed by atoms with Crippen molar-refractivity contribution in [2.75, 3.05) is 0 Å². The average Bonchev–Trinajstić information content (AvgIpc) is 2.48. The Morgan fingerprint density at radius 2 is 1.74 bits per heavy atom. The van der Waals surface area contributed by atoms with Gasteiger partial charge in [-0.3, -0.25) is 14.4 Å². The zero-order valence-corrected chi connectivity index (χ0v) is 14.3. The van der Waals surface area contributed by atoms with Crippen molar-refractivity contribution >= 4 is 17.3 Å². The van der Waals surface area contributed by atoms with Gasteiger partial charge in [0.05, 0.1) is 0 Å². The fourth-order valence-electron chi connectivity index (χ4n) is 5.02. The second-order valence-corrected chi connectivity index (χ2v) is 8.08. The first-order chi connectivity index (χ1) is 10.6. The standard InChI is InChI=1S/C20H24O3/c1-13(21)15-11-20(10-14-8-6-5-7-9-14)16(22)12-19(15,4)17(23)18(20,2)3/h5-9,15H,10-12H2,1-4H3/t15-,19+,20+/m1/s1. The Morgan fingerprint density at radius 1 is 1.13 bits per heavy atom. The largest absolute Gasteiger partial charge is 0.300 e. The maximum Gasteiger partial charge on any atom is 0.146 e. The van der Waals surface area contributed by atoms with Crippen LogP contribution in [0, 0.1) is 22.2 Å². The number of carbonyl (C=O) groups excluding carboxylic acids is 3. The van der Waals surface area contributed by atoms with Gasteiger partial charge in [0.15, 0.2) is 0 Å². The van der Waals surface area contributed by atoms with Crippen LogP contribution < -0.4 is 0 Å². The maximum atomic E-state index is 13.2. The van der Waals surface area contributed by atoms with E-state index in [1.54, 1.807) is 6.92 Å². The highest BCUT2D eigenvalue weighted by atomic mass is 16.2. The van der Waals surface area contributed by atoms with E-state index >= 15 is 0 Å². The van der Waals surface area contributed by atoms with Crippen molar-refractivity contribution in [3.63, 3.8) is 0 Å². The van der Waals surface area contributed by atoms with E-state index < -0.39 is 16.2 Å². The topological polar surface area (TPSA) is 51.2 Å². The zero-order chi connectivity index (χ0) is 17.0. The first kappa shape index (κ1) is 16.1. The summed E-state index contributed by atoms with van der Waals surface area (Å²) in [7, 11) is 0. The summed E-state index contributed by atoms with van der Waals surface area (Å²) in [5.74, 6) is -0.0938. The minimum Gasteiger partial charge on any atom is -0.300 e. The van der Waals surface area contributed by atoms with Gasteiger partial charge in [-0.25, -0.2) is 0 Å². The number of rotatable bonds is 3. The Balaban J connectivity index is 2.14. The molecule has 0 heterocycles. The second-order valence-electron chi connectivity index (χ2n) is 8.08. The molecule has 3 fully saturated rings. The van der Waals surface area contributed by atoms with E-state index in [0.717, 1.165) is 5.56 Å². The molecular formula is C20H24O3. The summed E-state index contributed by atoms with van der Waals surface area (Å²) in [6.45, 7) is 7.15. The van der Waals surface area contributed by atoms with Crippen LogP contribution in [0.1, 0.15) is 46.1 Å². The first-order valence-corrected chi connectivity index (χ1v) is 8.28. The van der Waals surface area contributed by atoms with Gasteiger partial charge in [0.1, 0.15) is 17.3 Å². The molecule has 0 spiro atoms. The normalized spacial score (nSPS) is 35.4. The Hall–Kier alpha value is -1.77. The summed E-state index contributed by atoms with van der Waals surface area (Å²) < 4.78 is 0. The fraction of sp³-hybridized carbons (Fsp3) is 0.550. The molecular weight excluding hydrogens is 288 g/mol. The van der Waals surface area contributed by atoms with Gasteiger partial charge in [-0.15, -0.1) is 0 Å². The number of hydrogen-bond donors (Lipinski definition) is 0. The van der Waals surface area contributed by atoms with Crippen molar-refractivity contribution in [3.8, 4) is 0 Å². The van der Waals surface area contributed by atoms with Gasteiger partial charge in [0.2, 0.25) is 0 Å². The molecule has 3 aliphatic rings. The molecule has 0 radical (unpaired) electrons. The maximum absolute atomic E-state index is 13.2. The molecule has 23 heavy (non-hydrogen) atoms. The van der Waals surface area contributed by atoms with Gasteiger partial charge in [-0.2, -0.15) is 0 Å². The van der Waals surface area contributed by atoms with Crippen LogP contribution in [0.3, 0.4) is 0 Å². The smallest absolute Gasteiger partial charge is 0.146 e. The number of ketones is 3. The van der Waals surface area contributed by atoms with Crippen molar-refractivity contribution in [2.24, 2.45) is 22.2 Å². The van der Waals surface area contributed by atoms with E-state index in [1.165, 1.54) is 0 Å². The molecule has 2 bridgehead atoms. The van der Waals surface area contributed by atoms with Crippen molar-refractivity contribution in [1.29, 1.82) is 0 Å². The van der Waals surface area contributed by atoms with Gasteiger partial charge in [-0.05, 0) is 25.3 Å². The quantitative estimate of drug-likeness (QED) is 0.859. The van der Waals surface area contributed by atoms with Crippen molar-refractivity contribution < 1.29 is 14.4 Å². The molecule has 0 aromatic heterocycles. The highest BCUT2D eigenvalue weighted by molar-refractivity contribution is 6.08. The van der Waals surface area contributed by atoms with E-state index in [1.807, 2.05) is 51.1 Å². The Morgan fingerprint density at radius 3 is 2.30 bits per heavy atom. The Bertz CT molecular complexity index is 688. The van der Waals surface area contributed by atoms with Gasteiger partial charge in [0, 0.05) is 28.6 Å². The summed E-state index contributed by atoms with van der Waals surface area (Å²) in [6, 6.07) is 9.82. The lowest BCUT2D eigenvalue weighted by molar-refractivity contribution is -0.185. The van der Waals surface area contributed by atoms with Crippen LogP contribution in [-0.2, 0) is 20.8 Å². The lowest BCUT2D eigenvalue weighted by atomic mass is 9.38.